The van der Waals surface area contributed by atoms with Crippen molar-refractivity contribution in [1.29, 1.82) is 0 Å². The third-order valence-corrected chi connectivity index (χ3v) is 1.90. The van der Waals surface area contributed by atoms with Gasteiger partial charge in [0.15, 0.2) is 5.65 Å². The molecule has 0 N–H and O–H groups in total. The van der Waals surface area contributed by atoms with E-state index in [0.29, 0.717) is 0 Å². The van der Waals surface area contributed by atoms with Crippen LogP contribution in [0.2, 0.25) is 0 Å². The highest BCUT2D eigenvalue weighted by Crippen LogP contribution is 2.07. The molecule has 0 amide bonds. The molecule has 0 aliphatic carbocycles. The van der Waals surface area contributed by atoms with E-state index in [0.717, 1.165) is 23.3 Å². The van der Waals surface area contributed by atoms with Gasteiger partial charge in [-0.3, -0.25) is 14.2 Å². The first kappa shape index (κ1) is 8.62. The first-order valence-corrected chi connectivity index (χ1v) is 4.23. The summed E-state index contributed by atoms with van der Waals surface area (Å²) in [5.41, 5.74) is 2.56. The SMILES string of the molecule is Cc1cn2c(/C=C/C=O)cnc2cn1. The largest absolute Gasteiger partial charge is 0.299 e. The Kier molecular flexibility index (Phi) is 2.10. The molecule has 0 atom stereocenters. The number of aryl methyl sites for hydroxylation is 1. The Bertz CT molecular complexity index is 499. The molecule has 2 heterocycles. The molecule has 14 heavy (non-hydrogen) atoms. The van der Waals surface area contributed by atoms with Gasteiger partial charge in [-0.1, -0.05) is 0 Å². The van der Waals surface area contributed by atoms with Gasteiger partial charge in [0.25, 0.3) is 0 Å². The minimum Gasteiger partial charge on any atom is -0.299 e. The van der Waals surface area contributed by atoms with Gasteiger partial charge in [-0.25, -0.2) is 4.98 Å². The van der Waals surface area contributed by atoms with Gasteiger partial charge in [0, 0.05) is 6.20 Å². The maximum atomic E-state index is 10.2. The lowest BCUT2D eigenvalue weighted by Gasteiger charge is -1.96. The number of fused-ring (bicyclic) bond motifs is 1. The number of aldehydes is 1. The molecule has 0 unspecified atom stereocenters. The second-order valence-electron chi connectivity index (χ2n) is 2.94. The fourth-order valence-electron chi connectivity index (χ4n) is 1.27. The third kappa shape index (κ3) is 1.42. The number of aromatic nitrogens is 3. The predicted octanol–water partition coefficient (Wildman–Crippen LogP) is 1.25. The van der Waals surface area contributed by atoms with Crippen LogP contribution in [0.4, 0.5) is 0 Å². The van der Waals surface area contributed by atoms with Crippen molar-refractivity contribution in [1.82, 2.24) is 14.4 Å². The molecule has 0 saturated carbocycles. The Morgan fingerprint density at radius 2 is 2.21 bits per heavy atom. The molecule has 0 fully saturated rings. The monoisotopic (exact) mass is 187 g/mol. The average molecular weight is 187 g/mol. The Labute approximate surface area is 80.9 Å². The summed E-state index contributed by atoms with van der Waals surface area (Å²) in [5.74, 6) is 0. The number of rotatable bonds is 2. The fourth-order valence-corrected chi connectivity index (χ4v) is 1.27. The molecule has 4 heteroatoms. The van der Waals surface area contributed by atoms with Crippen LogP contribution in [-0.4, -0.2) is 20.7 Å². The lowest BCUT2D eigenvalue weighted by molar-refractivity contribution is -0.104. The summed E-state index contributed by atoms with van der Waals surface area (Å²) in [7, 11) is 0. The zero-order chi connectivity index (χ0) is 9.97. The van der Waals surface area contributed by atoms with Crippen LogP contribution in [0.15, 0.2) is 24.7 Å². The average Bonchev–Trinajstić information content (AvgIpc) is 2.57. The highest BCUT2D eigenvalue weighted by atomic mass is 16.1. The van der Waals surface area contributed by atoms with Crippen molar-refractivity contribution in [3.05, 3.63) is 36.1 Å². The normalized spacial score (nSPS) is 11.2. The molecule has 0 aliphatic heterocycles. The van der Waals surface area contributed by atoms with Crippen LogP contribution in [-0.2, 0) is 4.79 Å². The van der Waals surface area contributed by atoms with Gasteiger partial charge in [0.2, 0.25) is 0 Å². The van der Waals surface area contributed by atoms with E-state index in [1.807, 2.05) is 17.5 Å². The van der Waals surface area contributed by atoms with Crippen molar-refractivity contribution in [2.24, 2.45) is 0 Å². The van der Waals surface area contributed by atoms with Gasteiger partial charge in [0.1, 0.15) is 6.29 Å². The smallest absolute Gasteiger partial charge is 0.155 e. The van der Waals surface area contributed by atoms with Crippen molar-refractivity contribution in [2.75, 3.05) is 0 Å². The quantitative estimate of drug-likeness (QED) is 0.525. The minimum atomic E-state index is 0.743. The summed E-state index contributed by atoms with van der Waals surface area (Å²) in [6.07, 6.45) is 9.19. The van der Waals surface area contributed by atoms with E-state index in [4.69, 9.17) is 0 Å². The van der Waals surface area contributed by atoms with Crippen LogP contribution in [0, 0.1) is 6.92 Å². The molecule has 2 aromatic rings. The van der Waals surface area contributed by atoms with Gasteiger partial charge < -0.3 is 0 Å². The molecule has 2 aromatic heterocycles. The van der Waals surface area contributed by atoms with Gasteiger partial charge in [-0.15, -0.1) is 0 Å². The summed E-state index contributed by atoms with van der Waals surface area (Å²) in [4.78, 5) is 18.4. The summed E-state index contributed by atoms with van der Waals surface area (Å²) in [6, 6.07) is 0. The molecule has 2 rings (SSSR count). The van der Waals surface area contributed by atoms with E-state index in [9.17, 15) is 4.79 Å². The molecule has 4 nitrogen and oxygen atoms in total. The highest BCUT2D eigenvalue weighted by molar-refractivity contribution is 5.73. The molecule has 0 aliphatic rings. The van der Waals surface area contributed by atoms with Gasteiger partial charge in [0.05, 0.1) is 23.8 Å². The zero-order valence-electron chi connectivity index (χ0n) is 7.71. The molecule has 0 radical (unpaired) electrons. The summed E-state index contributed by atoms with van der Waals surface area (Å²) >= 11 is 0. The van der Waals surface area contributed by atoms with E-state index in [1.54, 1.807) is 18.5 Å². The Morgan fingerprint density at radius 3 is 3.00 bits per heavy atom. The van der Waals surface area contributed by atoms with Crippen molar-refractivity contribution in [3.8, 4) is 0 Å². The highest BCUT2D eigenvalue weighted by Gasteiger charge is 1.99. The molecule has 0 bridgehead atoms. The van der Waals surface area contributed by atoms with Crippen molar-refractivity contribution < 1.29 is 4.79 Å². The number of carbonyl (C=O) groups is 1. The molecule has 0 aromatic carbocycles. The number of hydrogen-bond acceptors (Lipinski definition) is 3. The number of imidazole rings is 1. The van der Waals surface area contributed by atoms with E-state index >= 15 is 0 Å². The number of hydrogen-bond donors (Lipinski definition) is 0. The maximum Gasteiger partial charge on any atom is 0.155 e. The second kappa shape index (κ2) is 3.41. The van der Waals surface area contributed by atoms with Crippen LogP contribution in [0.1, 0.15) is 11.4 Å². The van der Waals surface area contributed by atoms with Crippen LogP contribution in [0.25, 0.3) is 11.7 Å². The predicted molar refractivity (Wildman–Crippen MR) is 52.8 cm³/mol. The molecule has 70 valence electrons. The first-order valence-electron chi connectivity index (χ1n) is 4.23. The lowest BCUT2D eigenvalue weighted by Crippen LogP contribution is -1.91. The van der Waals surface area contributed by atoms with E-state index < -0.39 is 0 Å². The molecular formula is C10H9N3O. The maximum absolute atomic E-state index is 10.2. The number of nitrogens with zero attached hydrogens (tertiary/aromatic N) is 3. The zero-order valence-corrected chi connectivity index (χ0v) is 7.71. The minimum absolute atomic E-state index is 0.743. The summed E-state index contributed by atoms with van der Waals surface area (Å²) < 4.78 is 1.89. The van der Waals surface area contributed by atoms with Crippen LogP contribution < -0.4 is 0 Å². The number of carbonyl (C=O) groups excluding carboxylic acids is 1. The molecular weight excluding hydrogens is 178 g/mol. The Morgan fingerprint density at radius 1 is 1.36 bits per heavy atom. The van der Waals surface area contributed by atoms with Gasteiger partial charge >= 0.3 is 0 Å². The van der Waals surface area contributed by atoms with E-state index in [-0.39, 0.29) is 0 Å². The van der Waals surface area contributed by atoms with Crippen molar-refractivity contribution in [2.45, 2.75) is 6.92 Å². The third-order valence-electron chi connectivity index (χ3n) is 1.90. The molecule has 0 saturated heterocycles. The lowest BCUT2D eigenvalue weighted by atomic mass is 10.4. The van der Waals surface area contributed by atoms with Gasteiger partial charge in [-0.2, -0.15) is 0 Å². The topological polar surface area (TPSA) is 47.3 Å². The van der Waals surface area contributed by atoms with Crippen LogP contribution in [0.5, 0.6) is 0 Å². The van der Waals surface area contributed by atoms with E-state index in [1.165, 1.54) is 6.08 Å². The van der Waals surface area contributed by atoms with E-state index in [2.05, 4.69) is 9.97 Å². The van der Waals surface area contributed by atoms with Crippen molar-refractivity contribution >= 4 is 18.0 Å². The van der Waals surface area contributed by atoms with Gasteiger partial charge in [-0.05, 0) is 19.1 Å². The van der Waals surface area contributed by atoms with Crippen LogP contribution in [0.3, 0.4) is 0 Å². The molecule has 0 spiro atoms. The number of allylic oxidation sites excluding steroid dienone is 1. The Balaban J connectivity index is 2.60. The standard InChI is InChI=1S/C10H9N3O/c1-8-7-13-9(3-2-4-14)5-12-10(13)6-11-8/h2-7H,1H3/b3-2+. The fraction of sp³-hybridized carbons (Fsp3) is 0.100. The summed E-state index contributed by atoms with van der Waals surface area (Å²) in [6.45, 7) is 1.91. The first-order chi connectivity index (χ1) is 6.81. The Hall–Kier alpha value is -1.97. The van der Waals surface area contributed by atoms with Crippen LogP contribution >= 0.6 is 0 Å². The van der Waals surface area contributed by atoms with Crippen molar-refractivity contribution in [3.63, 3.8) is 0 Å². The second-order valence-corrected chi connectivity index (χ2v) is 2.94. The summed E-state index contributed by atoms with van der Waals surface area (Å²) in [5, 5.41) is 0.